The zero-order chi connectivity index (χ0) is 14.4. The predicted octanol–water partition coefficient (Wildman–Crippen LogP) is 2.45. The van der Waals surface area contributed by atoms with Crippen molar-refractivity contribution in [2.45, 2.75) is 6.61 Å². The van der Waals surface area contributed by atoms with Crippen LogP contribution in [0, 0.1) is 17.7 Å². The van der Waals surface area contributed by atoms with Crippen LogP contribution in [0.4, 0.5) is 4.39 Å². The molecule has 102 valence electrons. The Hall–Kier alpha value is -2.51. The van der Waals surface area contributed by atoms with E-state index in [0.29, 0.717) is 11.3 Å². The molecule has 0 aliphatic rings. The van der Waals surface area contributed by atoms with Gasteiger partial charge in [0, 0.05) is 0 Å². The Labute approximate surface area is 116 Å². The molecule has 0 aliphatic heterocycles. The summed E-state index contributed by atoms with van der Waals surface area (Å²) in [5.41, 5.74) is 1.26. The first-order valence-electron chi connectivity index (χ1n) is 5.99. The molecule has 2 aromatic rings. The molecular formula is C16H13FO3. The fourth-order valence-electron chi connectivity index (χ4n) is 1.61. The lowest BCUT2D eigenvalue weighted by Crippen LogP contribution is -1.97. The Balaban J connectivity index is 2.14. The summed E-state index contributed by atoms with van der Waals surface area (Å²) in [6.45, 7) is -0.0202. The van der Waals surface area contributed by atoms with Gasteiger partial charge in [-0.05, 0) is 35.9 Å². The Morgan fingerprint density at radius 3 is 2.55 bits per heavy atom. The maximum Gasteiger partial charge on any atom is 0.135 e. The van der Waals surface area contributed by atoms with Crippen molar-refractivity contribution < 1.29 is 19.3 Å². The van der Waals surface area contributed by atoms with Crippen LogP contribution in [0.15, 0.2) is 42.5 Å². The van der Waals surface area contributed by atoms with Crippen LogP contribution >= 0.6 is 0 Å². The van der Waals surface area contributed by atoms with Crippen molar-refractivity contribution in [2.24, 2.45) is 0 Å². The summed E-state index contributed by atoms with van der Waals surface area (Å²) in [5, 5.41) is 17.9. The molecule has 0 aliphatic carbocycles. The van der Waals surface area contributed by atoms with Gasteiger partial charge in [0.1, 0.15) is 30.5 Å². The van der Waals surface area contributed by atoms with Gasteiger partial charge in [-0.25, -0.2) is 4.39 Å². The fourth-order valence-corrected chi connectivity index (χ4v) is 1.61. The zero-order valence-corrected chi connectivity index (χ0v) is 10.6. The van der Waals surface area contributed by atoms with Gasteiger partial charge in [-0.2, -0.15) is 0 Å². The monoisotopic (exact) mass is 272 g/mol. The molecule has 2 N–H and O–H groups in total. The van der Waals surface area contributed by atoms with Gasteiger partial charge in [-0.1, -0.05) is 24.0 Å². The standard InChI is InChI=1S/C16H13FO3/c17-14-5-8-16(13(10-14)2-1-9-18)20-11-12-3-6-15(19)7-4-12/h3-8,10,18-19H,9,11H2. The minimum absolute atomic E-state index is 0.185. The summed E-state index contributed by atoms with van der Waals surface area (Å²) >= 11 is 0. The van der Waals surface area contributed by atoms with Gasteiger partial charge >= 0.3 is 0 Å². The molecule has 0 aromatic heterocycles. The summed E-state index contributed by atoms with van der Waals surface area (Å²) < 4.78 is 18.8. The molecule has 0 saturated heterocycles. The quantitative estimate of drug-likeness (QED) is 0.844. The van der Waals surface area contributed by atoms with E-state index in [9.17, 15) is 9.50 Å². The molecule has 0 amide bonds. The summed E-state index contributed by atoms with van der Waals surface area (Å²) in [6, 6.07) is 10.6. The molecule has 0 spiro atoms. The molecule has 3 nitrogen and oxygen atoms in total. The van der Waals surface area contributed by atoms with Crippen molar-refractivity contribution in [2.75, 3.05) is 6.61 Å². The van der Waals surface area contributed by atoms with Crippen LogP contribution in [-0.2, 0) is 6.61 Å². The van der Waals surface area contributed by atoms with Crippen molar-refractivity contribution in [1.29, 1.82) is 0 Å². The predicted molar refractivity (Wildman–Crippen MR) is 72.8 cm³/mol. The lowest BCUT2D eigenvalue weighted by atomic mass is 10.2. The number of phenols is 1. The third-order valence-corrected chi connectivity index (χ3v) is 2.57. The van der Waals surface area contributed by atoms with E-state index in [1.807, 2.05) is 0 Å². The van der Waals surface area contributed by atoms with E-state index in [-0.39, 0.29) is 19.0 Å². The van der Waals surface area contributed by atoms with Crippen LogP contribution < -0.4 is 4.74 Å². The second-order valence-electron chi connectivity index (χ2n) is 4.06. The molecule has 0 fully saturated rings. The van der Waals surface area contributed by atoms with E-state index in [1.165, 1.54) is 18.2 Å². The van der Waals surface area contributed by atoms with Gasteiger partial charge in [0.05, 0.1) is 5.56 Å². The molecule has 2 aromatic carbocycles. The Bertz CT molecular complexity index is 639. The highest BCUT2D eigenvalue weighted by Gasteiger charge is 2.04. The summed E-state index contributed by atoms with van der Waals surface area (Å²) in [4.78, 5) is 0. The van der Waals surface area contributed by atoms with Crippen LogP contribution in [0.5, 0.6) is 11.5 Å². The lowest BCUT2D eigenvalue weighted by Gasteiger charge is -2.08. The highest BCUT2D eigenvalue weighted by atomic mass is 19.1. The number of rotatable bonds is 3. The summed E-state index contributed by atoms with van der Waals surface area (Å²) in [5.74, 6) is 5.33. The molecule has 2 rings (SSSR count). The third kappa shape index (κ3) is 3.74. The summed E-state index contributed by atoms with van der Waals surface area (Å²) in [7, 11) is 0. The minimum Gasteiger partial charge on any atom is -0.508 e. The van der Waals surface area contributed by atoms with E-state index in [2.05, 4.69) is 11.8 Å². The highest BCUT2D eigenvalue weighted by Crippen LogP contribution is 2.20. The number of phenolic OH excluding ortho intramolecular Hbond substituents is 1. The molecule has 0 unspecified atom stereocenters. The summed E-state index contributed by atoms with van der Waals surface area (Å²) in [6.07, 6.45) is 0. The SMILES string of the molecule is OCC#Cc1cc(F)ccc1OCc1ccc(O)cc1. The van der Waals surface area contributed by atoms with Crippen molar-refractivity contribution in [1.82, 2.24) is 0 Å². The number of hydrogen-bond donors (Lipinski definition) is 2. The lowest BCUT2D eigenvalue weighted by molar-refractivity contribution is 0.304. The first-order valence-corrected chi connectivity index (χ1v) is 5.99. The first kappa shape index (κ1) is 13.9. The van der Waals surface area contributed by atoms with Crippen molar-refractivity contribution in [3.63, 3.8) is 0 Å². The molecule has 0 atom stereocenters. The smallest absolute Gasteiger partial charge is 0.135 e. The molecule has 0 bridgehead atoms. The van der Waals surface area contributed by atoms with Crippen LogP contribution in [0.3, 0.4) is 0 Å². The molecular weight excluding hydrogens is 259 g/mol. The van der Waals surface area contributed by atoms with Crippen LogP contribution in [0.2, 0.25) is 0 Å². The number of ether oxygens (including phenoxy) is 1. The average Bonchev–Trinajstić information content (AvgIpc) is 2.46. The topological polar surface area (TPSA) is 49.7 Å². The van der Waals surface area contributed by atoms with Crippen molar-refractivity contribution >= 4 is 0 Å². The number of aliphatic hydroxyl groups is 1. The maximum atomic E-state index is 13.2. The maximum absolute atomic E-state index is 13.2. The largest absolute Gasteiger partial charge is 0.508 e. The van der Waals surface area contributed by atoms with Crippen LogP contribution in [-0.4, -0.2) is 16.8 Å². The van der Waals surface area contributed by atoms with E-state index in [0.717, 1.165) is 5.56 Å². The second-order valence-corrected chi connectivity index (χ2v) is 4.06. The molecule has 0 heterocycles. The van der Waals surface area contributed by atoms with Gasteiger partial charge in [0.15, 0.2) is 0 Å². The zero-order valence-electron chi connectivity index (χ0n) is 10.6. The Kier molecular flexibility index (Phi) is 4.59. The number of hydrogen-bond acceptors (Lipinski definition) is 3. The number of halogens is 1. The fraction of sp³-hybridized carbons (Fsp3) is 0.125. The minimum atomic E-state index is -0.413. The van der Waals surface area contributed by atoms with Gasteiger partial charge in [-0.15, -0.1) is 0 Å². The van der Waals surface area contributed by atoms with Gasteiger partial charge in [-0.3, -0.25) is 0 Å². The molecule has 0 radical (unpaired) electrons. The number of aliphatic hydroxyl groups excluding tert-OH is 1. The van der Waals surface area contributed by atoms with Crippen molar-refractivity contribution in [3.05, 3.63) is 59.4 Å². The molecule has 0 saturated carbocycles. The third-order valence-electron chi connectivity index (χ3n) is 2.57. The Morgan fingerprint density at radius 1 is 1.10 bits per heavy atom. The average molecular weight is 272 g/mol. The van der Waals surface area contributed by atoms with Gasteiger partial charge in [0.25, 0.3) is 0 Å². The van der Waals surface area contributed by atoms with Crippen LogP contribution in [0.25, 0.3) is 0 Å². The number of aromatic hydroxyl groups is 1. The van der Waals surface area contributed by atoms with Crippen molar-refractivity contribution in [3.8, 4) is 23.3 Å². The first-order chi connectivity index (χ1) is 9.69. The second kappa shape index (κ2) is 6.60. The van der Waals surface area contributed by atoms with Gasteiger partial charge in [0.2, 0.25) is 0 Å². The normalized spacial score (nSPS) is 9.70. The van der Waals surface area contributed by atoms with E-state index in [1.54, 1.807) is 24.3 Å². The Morgan fingerprint density at radius 2 is 1.85 bits per heavy atom. The number of benzene rings is 2. The molecule has 20 heavy (non-hydrogen) atoms. The van der Waals surface area contributed by atoms with Crippen LogP contribution in [0.1, 0.15) is 11.1 Å². The molecule has 4 heteroatoms. The van der Waals surface area contributed by atoms with E-state index < -0.39 is 5.82 Å². The highest BCUT2D eigenvalue weighted by molar-refractivity contribution is 5.46. The van der Waals surface area contributed by atoms with E-state index in [4.69, 9.17) is 9.84 Å². The van der Waals surface area contributed by atoms with E-state index >= 15 is 0 Å². The van der Waals surface area contributed by atoms with Gasteiger partial charge < -0.3 is 14.9 Å².